The van der Waals surface area contributed by atoms with E-state index in [9.17, 15) is 35.9 Å². The summed E-state index contributed by atoms with van der Waals surface area (Å²) in [6.45, 7) is 2.09. The van der Waals surface area contributed by atoms with Crippen LogP contribution in [0.25, 0.3) is 10.7 Å². The third-order valence-corrected chi connectivity index (χ3v) is 6.82. The molecule has 1 aromatic carbocycles. The Bertz CT molecular complexity index is 1320. The molecule has 1 fully saturated rings. The van der Waals surface area contributed by atoms with Crippen LogP contribution in [-0.2, 0) is 12.4 Å². The van der Waals surface area contributed by atoms with Crippen molar-refractivity contribution in [2.75, 3.05) is 13.6 Å². The maximum absolute atomic E-state index is 13.2. The van der Waals surface area contributed by atoms with Crippen LogP contribution < -0.4 is 5.32 Å². The van der Waals surface area contributed by atoms with Crippen LogP contribution in [-0.4, -0.2) is 45.3 Å². The van der Waals surface area contributed by atoms with E-state index in [0.717, 1.165) is 24.2 Å². The van der Waals surface area contributed by atoms with Crippen LogP contribution in [0.2, 0.25) is 0 Å². The quantitative estimate of drug-likeness (QED) is 0.382. The Balaban J connectivity index is 1.57. The monoisotopic (exact) mass is 557 g/mol. The summed E-state index contributed by atoms with van der Waals surface area (Å²) in [5.74, 6) is -0.878. The van der Waals surface area contributed by atoms with Crippen molar-refractivity contribution >= 4 is 23.2 Å². The minimum Gasteiger partial charge on any atom is -0.344 e. The van der Waals surface area contributed by atoms with Gasteiger partial charge in [-0.15, -0.1) is 11.3 Å². The van der Waals surface area contributed by atoms with Gasteiger partial charge in [0.05, 0.1) is 29.1 Å². The number of hydrogen-bond donors (Lipinski definition) is 1. The number of carbonyl (C=O) groups excluding carboxylic acids is 2. The number of nitrogens with one attached hydrogen (secondary N) is 1. The normalized spacial score (nSPS) is 14.7. The Morgan fingerprint density at radius 3 is 2.21 bits per heavy atom. The van der Waals surface area contributed by atoms with Gasteiger partial charge in [-0.05, 0) is 43.9 Å². The Labute approximate surface area is 216 Å². The zero-order valence-corrected chi connectivity index (χ0v) is 20.8. The van der Waals surface area contributed by atoms with Gasteiger partial charge in [-0.25, -0.2) is 4.98 Å². The van der Waals surface area contributed by atoms with Crippen molar-refractivity contribution in [1.29, 1.82) is 0 Å². The molecule has 2 amide bonds. The lowest BCUT2D eigenvalue weighted by atomic mass is 10.0. The molecule has 0 bridgehead atoms. The highest BCUT2D eigenvalue weighted by Crippen LogP contribution is 2.37. The first-order valence-electron chi connectivity index (χ1n) is 11.4. The number of rotatable bonds is 7. The molecular weight excluding hydrogens is 536 g/mol. The van der Waals surface area contributed by atoms with Crippen molar-refractivity contribution in [2.24, 2.45) is 5.92 Å². The molecule has 1 N–H and O–H groups in total. The molecule has 0 radical (unpaired) electrons. The number of hydrogen-bond acceptors (Lipinski definition) is 6. The number of thiazole rings is 1. The fraction of sp³-hybridized carbons (Fsp3) is 0.375. The van der Waals surface area contributed by atoms with Crippen LogP contribution in [0.1, 0.15) is 62.7 Å². The van der Waals surface area contributed by atoms with Crippen molar-refractivity contribution in [3.8, 4) is 10.7 Å². The Morgan fingerprint density at radius 1 is 1.03 bits per heavy atom. The SMILES string of the molecule is CC(NC(=O)c1cc(C(F)(F)F)cc(C(F)(F)F)c1)c1nccnc1-c1ncc(C(=O)N(C)CC2CC2)s1. The average Bonchev–Trinajstić information content (AvgIpc) is 3.53. The molecular formula is C24H21F6N5O2S. The van der Waals surface area contributed by atoms with E-state index in [2.05, 4.69) is 20.3 Å². The number of nitrogens with zero attached hydrogens (tertiary/aromatic N) is 4. The highest BCUT2D eigenvalue weighted by Gasteiger charge is 2.37. The summed E-state index contributed by atoms with van der Waals surface area (Å²) in [5, 5.41) is 2.70. The molecule has 14 heteroatoms. The summed E-state index contributed by atoms with van der Waals surface area (Å²) in [6.07, 6.45) is -3.95. The van der Waals surface area contributed by atoms with Gasteiger partial charge in [0.25, 0.3) is 11.8 Å². The van der Waals surface area contributed by atoms with Gasteiger partial charge in [0, 0.05) is 31.5 Å². The number of carbonyl (C=O) groups is 2. The number of halogens is 6. The summed E-state index contributed by atoms with van der Waals surface area (Å²) >= 11 is 1.06. The van der Waals surface area contributed by atoms with E-state index >= 15 is 0 Å². The smallest absolute Gasteiger partial charge is 0.344 e. The maximum Gasteiger partial charge on any atom is 0.416 e. The van der Waals surface area contributed by atoms with Gasteiger partial charge in [0.2, 0.25) is 0 Å². The van der Waals surface area contributed by atoms with Crippen molar-refractivity contribution in [2.45, 2.75) is 38.2 Å². The fourth-order valence-corrected chi connectivity index (χ4v) is 4.62. The Morgan fingerprint density at radius 2 is 1.63 bits per heavy atom. The van der Waals surface area contributed by atoms with E-state index in [1.54, 1.807) is 11.9 Å². The van der Waals surface area contributed by atoms with Gasteiger partial charge in [0.15, 0.2) is 0 Å². The molecule has 202 valence electrons. The number of amides is 2. The lowest BCUT2D eigenvalue weighted by molar-refractivity contribution is -0.143. The molecule has 4 rings (SSSR count). The number of benzene rings is 1. The molecule has 2 aromatic heterocycles. The Hall–Kier alpha value is -3.55. The topological polar surface area (TPSA) is 88.1 Å². The molecule has 1 aliphatic carbocycles. The van der Waals surface area contributed by atoms with Gasteiger partial charge in [0.1, 0.15) is 15.6 Å². The molecule has 3 aromatic rings. The molecule has 1 saturated carbocycles. The molecule has 0 aliphatic heterocycles. The van der Waals surface area contributed by atoms with Gasteiger partial charge < -0.3 is 10.2 Å². The molecule has 0 spiro atoms. The number of aromatic nitrogens is 3. The van der Waals surface area contributed by atoms with Crippen molar-refractivity contribution in [1.82, 2.24) is 25.2 Å². The van der Waals surface area contributed by atoms with E-state index in [1.807, 2.05) is 0 Å². The summed E-state index contributed by atoms with van der Waals surface area (Å²) in [5.41, 5.74) is -3.63. The van der Waals surface area contributed by atoms with Gasteiger partial charge >= 0.3 is 12.4 Å². The lowest BCUT2D eigenvalue weighted by Gasteiger charge is -2.17. The van der Waals surface area contributed by atoms with Crippen LogP contribution in [0, 0.1) is 5.92 Å². The average molecular weight is 558 g/mol. The Kier molecular flexibility index (Phi) is 7.46. The molecule has 1 unspecified atom stereocenters. The minimum atomic E-state index is -5.09. The first kappa shape index (κ1) is 27.5. The second-order valence-corrected chi connectivity index (χ2v) is 9.97. The van der Waals surface area contributed by atoms with E-state index in [4.69, 9.17) is 0 Å². The fourth-order valence-electron chi connectivity index (χ4n) is 3.71. The zero-order chi connectivity index (χ0) is 27.8. The van der Waals surface area contributed by atoms with E-state index in [0.29, 0.717) is 34.5 Å². The second kappa shape index (κ2) is 10.3. The molecule has 7 nitrogen and oxygen atoms in total. The van der Waals surface area contributed by atoms with Crippen LogP contribution in [0.4, 0.5) is 26.3 Å². The van der Waals surface area contributed by atoms with E-state index in [-0.39, 0.29) is 23.4 Å². The molecule has 1 aliphatic rings. The molecule has 1 atom stereocenters. The zero-order valence-electron chi connectivity index (χ0n) is 20.0. The van der Waals surface area contributed by atoms with Crippen molar-refractivity contribution in [3.05, 3.63) is 64.1 Å². The molecule has 38 heavy (non-hydrogen) atoms. The molecule has 2 heterocycles. The maximum atomic E-state index is 13.2. The van der Waals surface area contributed by atoms with Crippen LogP contribution in [0.5, 0.6) is 0 Å². The van der Waals surface area contributed by atoms with Crippen LogP contribution >= 0.6 is 11.3 Å². The highest BCUT2D eigenvalue weighted by atomic mass is 32.1. The first-order valence-corrected chi connectivity index (χ1v) is 12.2. The highest BCUT2D eigenvalue weighted by molar-refractivity contribution is 7.16. The van der Waals surface area contributed by atoms with E-state index < -0.39 is 41.0 Å². The van der Waals surface area contributed by atoms with Gasteiger partial charge in [-0.1, -0.05) is 0 Å². The first-order chi connectivity index (χ1) is 17.7. The third-order valence-electron chi connectivity index (χ3n) is 5.83. The predicted molar refractivity (Wildman–Crippen MR) is 125 cm³/mol. The van der Waals surface area contributed by atoms with Gasteiger partial charge in [-0.3, -0.25) is 19.6 Å². The van der Waals surface area contributed by atoms with Crippen LogP contribution in [0.15, 0.2) is 36.8 Å². The largest absolute Gasteiger partial charge is 0.416 e. The summed E-state index contributed by atoms with van der Waals surface area (Å²) in [4.78, 5) is 40.1. The minimum absolute atomic E-state index is 0.0512. The van der Waals surface area contributed by atoms with Crippen molar-refractivity contribution in [3.63, 3.8) is 0 Å². The summed E-state index contributed by atoms with van der Waals surface area (Å²) in [6, 6.07) is -0.322. The second-order valence-electron chi connectivity index (χ2n) is 8.94. The standard InChI is InChI=1S/C24H21F6N5O2S/c1-12(34-20(36)14-7-15(23(25,26)27)9-16(8-14)24(28,29)30)18-19(32-6-5-31-18)21-33-10-17(38-21)22(37)35(2)11-13-3-4-13/h5-10,12-13H,3-4,11H2,1-2H3,(H,34,36). The van der Waals surface area contributed by atoms with Crippen molar-refractivity contribution < 1.29 is 35.9 Å². The summed E-state index contributed by atoms with van der Waals surface area (Å²) in [7, 11) is 1.70. The number of alkyl halides is 6. The van der Waals surface area contributed by atoms with Gasteiger partial charge in [-0.2, -0.15) is 26.3 Å². The van der Waals surface area contributed by atoms with E-state index in [1.165, 1.54) is 25.5 Å². The summed E-state index contributed by atoms with van der Waals surface area (Å²) < 4.78 is 79.1. The van der Waals surface area contributed by atoms with Crippen LogP contribution in [0.3, 0.4) is 0 Å². The lowest BCUT2D eigenvalue weighted by Crippen LogP contribution is -2.28. The third kappa shape index (κ3) is 6.29. The predicted octanol–water partition coefficient (Wildman–Crippen LogP) is 5.61. The molecule has 0 saturated heterocycles.